The molecule has 2 aliphatic heterocycles. The topological polar surface area (TPSA) is 47.0 Å². The average Bonchev–Trinajstić information content (AvgIpc) is 2.67. The highest BCUT2D eigenvalue weighted by Gasteiger charge is 2.35. The predicted molar refractivity (Wildman–Crippen MR) is 114 cm³/mol. The van der Waals surface area contributed by atoms with Crippen LogP contribution in [-0.4, -0.2) is 83.2 Å². The van der Waals surface area contributed by atoms with Gasteiger partial charge in [0.2, 0.25) is 0 Å². The zero-order valence-electron chi connectivity index (χ0n) is 18.0. The van der Waals surface area contributed by atoms with E-state index in [9.17, 15) is 9.90 Å². The van der Waals surface area contributed by atoms with Crippen LogP contribution in [0.15, 0.2) is 18.2 Å². The van der Waals surface area contributed by atoms with Gasteiger partial charge in [-0.2, -0.15) is 0 Å². The van der Waals surface area contributed by atoms with Crippen molar-refractivity contribution in [2.45, 2.75) is 65.1 Å². The third-order valence-electron chi connectivity index (χ3n) is 6.44. The summed E-state index contributed by atoms with van der Waals surface area (Å²) in [6.45, 7) is 13.5. The molecular formula is C23H37N3O2. The molecule has 1 aromatic carbocycles. The van der Waals surface area contributed by atoms with E-state index in [2.05, 4.69) is 29.7 Å². The normalized spacial score (nSPS) is 22.8. The van der Waals surface area contributed by atoms with Crippen LogP contribution in [0.1, 0.15) is 54.6 Å². The minimum Gasteiger partial charge on any atom is -0.396 e. The van der Waals surface area contributed by atoms with E-state index in [1.807, 2.05) is 30.9 Å². The molecule has 1 aromatic rings. The van der Waals surface area contributed by atoms with E-state index < -0.39 is 0 Å². The van der Waals surface area contributed by atoms with Gasteiger partial charge in [-0.1, -0.05) is 17.2 Å². The molecule has 156 valence electrons. The van der Waals surface area contributed by atoms with Crippen LogP contribution in [0, 0.1) is 13.8 Å². The van der Waals surface area contributed by atoms with Crippen LogP contribution in [0.5, 0.6) is 0 Å². The molecule has 28 heavy (non-hydrogen) atoms. The first-order valence-electron chi connectivity index (χ1n) is 10.9. The third-order valence-corrected chi connectivity index (χ3v) is 6.44. The lowest BCUT2D eigenvalue weighted by atomic mass is 9.97. The summed E-state index contributed by atoms with van der Waals surface area (Å²) >= 11 is 0. The zero-order chi connectivity index (χ0) is 20.3. The van der Waals surface area contributed by atoms with Gasteiger partial charge in [0.25, 0.3) is 5.91 Å². The Kier molecular flexibility index (Phi) is 7.13. The highest BCUT2D eigenvalue weighted by atomic mass is 16.3. The SMILES string of the molecule is Cc1cc(C)cc(C(=O)N2CCN(C3CCN(C(C)C)CC3)[C@H](CCO)C2)c1. The molecule has 1 N–H and O–H groups in total. The first kappa shape index (κ1) is 21.3. The lowest BCUT2D eigenvalue weighted by Crippen LogP contribution is -2.59. The molecule has 2 saturated heterocycles. The Morgan fingerprint density at radius 3 is 2.29 bits per heavy atom. The van der Waals surface area contributed by atoms with E-state index in [0.717, 1.165) is 55.8 Å². The summed E-state index contributed by atoms with van der Waals surface area (Å²) in [4.78, 5) is 20.2. The van der Waals surface area contributed by atoms with E-state index in [1.165, 1.54) is 12.8 Å². The van der Waals surface area contributed by atoms with E-state index >= 15 is 0 Å². The fourth-order valence-corrected chi connectivity index (χ4v) is 4.96. The number of benzene rings is 1. The molecule has 0 spiro atoms. The standard InChI is InChI=1S/C23H37N3O2/c1-17(2)24-8-5-21(6-9-24)26-11-10-25(16-22(26)7-12-27)23(28)20-14-18(3)13-19(4)15-20/h13-15,17,21-22,27H,5-12,16H2,1-4H3/t22-/m1/s1. The first-order chi connectivity index (χ1) is 13.4. The highest BCUT2D eigenvalue weighted by molar-refractivity contribution is 5.94. The molecule has 2 fully saturated rings. The third kappa shape index (κ3) is 4.94. The number of nitrogens with zero attached hydrogens (tertiary/aromatic N) is 3. The van der Waals surface area contributed by atoms with Gasteiger partial charge in [0, 0.05) is 49.9 Å². The number of carbonyl (C=O) groups excluding carboxylic acids is 1. The molecule has 5 nitrogen and oxygen atoms in total. The lowest BCUT2D eigenvalue weighted by Gasteiger charge is -2.48. The van der Waals surface area contributed by atoms with Gasteiger partial charge < -0.3 is 14.9 Å². The molecule has 0 unspecified atom stereocenters. The fraction of sp³-hybridized carbons (Fsp3) is 0.696. The maximum Gasteiger partial charge on any atom is 0.253 e. The van der Waals surface area contributed by atoms with E-state index in [-0.39, 0.29) is 18.6 Å². The van der Waals surface area contributed by atoms with Gasteiger partial charge in [0.1, 0.15) is 0 Å². The van der Waals surface area contributed by atoms with Gasteiger partial charge in [-0.15, -0.1) is 0 Å². The summed E-state index contributed by atoms with van der Waals surface area (Å²) < 4.78 is 0. The van der Waals surface area contributed by atoms with Crippen molar-refractivity contribution in [3.63, 3.8) is 0 Å². The minimum atomic E-state index is 0.129. The largest absolute Gasteiger partial charge is 0.396 e. The zero-order valence-corrected chi connectivity index (χ0v) is 18.0. The van der Waals surface area contributed by atoms with Crippen molar-refractivity contribution < 1.29 is 9.90 Å². The molecule has 2 heterocycles. The van der Waals surface area contributed by atoms with E-state index in [4.69, 9.17) is 0 Å². The number of hydrogen-bond acceptors (Lipinski definition) is 4. The Labute approximate surface area is 170 Å². The maximum absolute atomic E-state index is 13.1. The predicted octanol–water partition coefficient (Wildman–Crippen LogP) is 2.69. The monoisotopic (exact) mass is 387 g/mol. The van der Waals surface area contributed by atoms with Crippen LogP contribution in [0.3, 0.4) is 0 Å². The van der Waals surface area contributed by atoms with Crippen molar-refractivity contribution in [2.24, 2.45) is 0 Å². The van der Waals surface area contributed by atoms with Crippen molar-refractivity contribution in [1.82, 2.24) is 14.7 Å². The maximum atomic E-state index is 13.1. The Balaban J connectivity index is 1.66. The first-order valence-corrected chi connectivity index (χ1v) is 10.9. The van der Waals surface area contributed by atoms with Crippen molar-refractivity contribution in [2.75, 3.05) is 39.3 Å². The van der Waals surface area contributed by atoms with Gasteiger partial charge >= 0.3 is 0 Å². The highest BCUT2D eigenvalue weighted by Crippen LogP contribution is 2.25. The molecule has 0 saturated carbocycles. The van der Waals surface area contributed by atoms with Gasteiger partial charge in [0.15, 0.2) is 0 Å². The second-order valence-corrected chi connectivity index (χ2v) is 8.89. The minimum absolute atomic E-state index is 0.129. The van der Waals surface area contributed by atoms with Gasteiger partial charge in [-0.3, -0.25) is 9.69 Å². The Morgan fingerprint density at radius 2 is 1.71 bits per heavy atom. The molecule has 3 rings (SSSR count). The quantitative estimate of drug-likeness (QED) is 0.844. The molecule has 0 radical (unpaired) electrons. The summed E-state index contributed by atoms with van der Waals surface area (Å²) in [6, 6.07) is 7.53. The van der Waals surface area contributed by atoms with Crippen LogP contribution in [-0.2, 0) is 0 Å². The number of carbonyl (C=O) groups is 1. The number of amides is 1. The number of rotatable bonds is 5. The van der Waals surface area contributed by atoms with Gasteiger partial charge in [0.05, 0.1) is 0 Å². The summed E-state index contributed by atoms with van der Waals surface area (Å²) in [6.07, 6.45) is 3.11. The van der Waals surface area contributed by atoms with E-state index in [0.29, 0.717) is 12.1 Å². The van der Waals surface area contributed by atoms with Crippen molar-refractivity contribution in [3.8, 4) is 0 Å². The van der Waals surface area contributed by atoms with Crippen LogP contribution >= 0.6 is 0 Å². The smallest absolute Gasteiger partial charge is 0.253 e. The molecule has 0 aliphatic carbocycles. The van der Waals surface area contributed by atoms with E-state index in [1.54, 1.807) is 0 Å². The number of likely N-dealkylation sites (tertiary alicyclic amines) is 1. The van der Waals surface area contributed by atoms with Crippen molar-refractivity contribution in [1.29, 1.82) is 0 Å². The molecule has 0 bridgehead atoms. The van der Waals surface area contributed by atoms with Gasteiger partial charge in [-0.25, -0.2) is 0 Å². The number of aliphatic hydroxyl groups excluding tert-OH is 1. The fourth-order valence-electron chi connectivity index (χ4n) is 4.96. The second kappa shape index (κ2) is 9.38. The summed E-state index contributed by atoms with van der Waals surface area (Å²) in [5.74, 6) is 0.129. The molecule has 1 atom stereocenters. The van der Waals surface area contributed by atoms with Crippen LogP contribution in [0.2, 0.25) is 0 Å². The van der Waals surface area contributed by atoms with Gasteiger partial charge in [-0.05, 0) is 72.2 Å². The van der Waals surface area contributed by atoms with Crippen LogP contribution in [0.25, 0.3) is 0 Å². The molecule has 1 amide bonds. The summed E-state index contributed by atoms with van der Waals surface area (Å²) in [7, 11) is 0. The summed E-state index contributed by atoms with van der Waals surface area (Å²) in [5.41, 5.74) is 3.05. The molecule has 0 aromatic heterocycles. The lowest BCUT2D eigenvalue weighted by molar-refractivity contribution is 0.00414. The summed E-state index contributed by atoms with van der Waals surface area (Å²) in [5, 5.41) is 9.63. The Hall–Kier alpha value is -1.43. The number of piperidine rings is 1. The Morgan fingerprint density at radius 1 is 1.07 bits per heavy atom. The molecular weight excluding hydrogens is 350 g/mol. The Bertz CT molecular complexity index is 648. The molecule has 2 aliphatic rings. The van der Waals surface area contributed by atoms with Crippen LogP contribution in [0.4, 0.5) is 0 Å². The number of aryl methyl sites for hydroxylation is 2. The number of piperazine rings is 1. The second-order valence-electron chi connectivity index (χ2n) is 8.89. The van der Waals surface area contributed by atoms with Crippen LogP contribution < -0.4 is 0 Å². The molecule has 5 heteroatoms. The van der Waals surface area contributed by atoms with Crippen molar-refractivity contribution in [3.05, 3.63) is 34.9 Å². The number of hydrogen-bond donors (Lipinski definition) is 1. The number of aliphatic hydroxyl groups is 1. The average molecular weight is 388 g/mol. The van der Waals surface area contributed by atoms with Crippen molar-refractivity contribution >= 4 is 5.91 Å².